The van der Waals surface area contributed by atoms with Crippen molar-refractivity contribution in [1.29, 1.82) is 0 Å². The van der Waals surface area contributed by atoms with Crippen LogP contribution in [0.4, 0.5) is 10.1 Å². The highest BCUT2D eigenvalue weighted by Crippen LogP contribution is 2.33. The highest BCUT2D eigenvalue weighted by atomic mass is 19.1. The van der Waals surface area contributed by atoms with Crippen molar-refractivity contribution in [3.05, 3.63) is 58.4 Å². The molecule has 7 heteroatoms. The van der Waals surface area contributed by atoms with E-state index in [0.29, 0.717) is 6.54 Å². The van der Waals surface area contributed by atoms with Crippen molar-refractivity contribution in [2.24, 2.45) is 5.92 Å². The summed E-state index contributed by atoms with van der Waals surface area (Å²) in [5, 5.41) is 15.0. The van der Waals surface area contributed by atoms with Gasteiger partial charge in [-0.3, -0.25) is 19.7 Å². The number of halogens is 1. The van der Waals surface area contributed by atoms with Crippen molar-refractivity contribution >= 4 is 5.69 Å². The molecule has 0 amide bonds. The molecule has 1 aliphatic heterocycles. The largest absolute Gasteiger partial charge is 0.307 e. The molecule has 1 aliphatic rings. The molecule has 0 bridgehead atoms. The van der Waals surface area contributed by atoms with E-state index in [1.54, 1.807) is 4.68 Å². The fourth-order valence-corrected chi connectivity index (χ4v) is 2.98. The molecule has 0 aliphatic carbocycles. The number of likely N-dealkylation sites (tertiary alicyclic amines) is 1. The van der Waals surface area contributed by atoms with Gasteiger partial charge in [0.15, 0.2) is 0 Å². The van der Waals surface area contributed by atoms with Gasteiger partial charge in [0.25, 0.3) is 0 Å². The van der Waals surface area contributed by atoms with Crippen LogP contribution in [0.1, 0.15) is 11.6 Å². The Kier molecular flexibility index (Phi) is 4.15. The molecule has 3 rings (SSSR count). The number of hydrogen-bond donors (Lipinski definition) is 0. The Morgan fingerprint density at radius 3 is 2.68 bits per heavy atom. The molecule has 116 valence electrons. The summed E-state index contributed by atoms with van der Waals surface area (Å²) >= 11 is 0. The van der Waals surface area contributed by atoms with Crippen LogP contribution in [0.15, 0.2) is 42.7 Å². The Bertz CT molecular complexity index is 640. The van der Waals surface area contributed by atoms with Crippen LogP contribution in [0.5, 0.6) is 0 Å². The van der Waals surface area contributed by atoms with Gasteiger partial charge in [-0.25, -0.2) is 4.39 Å². The number of aromatic nitrogens is 2. The third-order valence-electron chi connectivity index (χ3n) is 4.06. The van der Waals surface area contributed by atoms with Gasteiger partial charge in [-0.1, -0.05) is 30.3 Å². The number of hydrogen-bond acceptors (Lipinski definition) is 4. The van der Waals surface area contributed by atoms with Crippen molar-refractivity contribution in [3.8, 4) is 0 Å². The molecular weight excluding hydrogens is 287 g/mol. The van der Waals surface area contributed by atoms with Gasteiger partial charge in [-0.15, -0.1) is 0 Å². The van der Waals surface area contributed by atoms with Crippen LogP contribution in [0.3, 0.4) is 0 Å². The first-order chi connectivity index (χ1) is 10.7. The minimum Gasteiger partial charge on any atom is -0.300 e. The zero-order chi connectivity index (χ0) is 15.5. The van der Waals surface area contributed by atoms with Crippen LogP contribution < -0.4 is 0 Å². The summed E-state index contributed by atoms with van der Waals surface area (Å²) in [5.41, 5.74) is 1.05. The molecule has 1 atom stereocenters. The van der Waals surface area contributed by atoms with E-state index in [4.69, 9.17) is 0 Å². The van der Waals surface area contributed by atoms with E-state index < -0.39 is 4.92 Å². The lowest BCUT2D eigenvalue weighted by atomic mass is 9.87. The summed E-state index contributed by atoms with van der Waals surface area (Å²) in [6.45, 7) is 1.64. The number of benzene rings is 1. The van der Waals surface area contributed by atoms with Crippen LogP contribution in [-0.2, 0) is 0 Å². The minimum atomic E-state index is -0.443. The van der Waals surface area contributed by atoms with Crippen LogP contribution >= 0.6 is 0 Å². The predicted molar refractivity (Wildman–Crippen MR) is 79.4 cm³/mol. The van der Waals surface area contributed by atoms with E-state index >= 15 is 0 Å². The second-order valence-corrected chi connectivity index (χ2v) is 5.50. The summed E-state index contributed by atoms with van der Waals surface area (Å²) in [6.07, 6.45) is 2.74. The van der Waals surface area contributed by atoms with Crippen LogP contribution in [0, 0.1) is 16.0 Å². The molecule has 0 saturated carbocycles. The Balaban J connectivity index is 1.85. The standard InChI is InChI=1S/C15H17FN4O2/c16-6-7-18-9-13(10-18)15(12-4-2-1-3-5-12)19-11-14(8-17-19)20(21)22/h1-5,8,11,13,15H,6-7,9-10H2. The van der Waals surface area contributed by atoms with E-state index in [1.807, 2.05) is 35.2 Å². The number of alkyl halides is 1. The Hall–Kier alpha value is -2.28. The fraction of sp³-hybridized carbons (Fsp3) is 0.400. The lowest BCUT2D eigenvalue weighted by molar-refractivity contribution is -0.385. The first-order valence-electron chi connectivity index (χ1n) is 7.21. The first kappa shape index (κ1) is 14.6. The van der Waals surface area contributed by atoms with Crippen molar-refractivity contribution < 1.29 is 9.31 Å². The van der Waals surface area contributed by atoms with Gasteiger partial charge < -0.3 is 0 Å². The first-order valence-corrected chi connectivity index (χ1v) is 7.21. The highest BCUT2D eigenvalue weighted by Gasteiger charge is 2.36. The average Bonchev–Trinajstić information content (AvgIpc) is 2.96. The van der Waals surface area contributed by atoms with Crippen LogP contribution in [0.2, 0.25) is 0 Å². The zero-order valence-corrected chi connectivity index (χ0v) is 12.0. The lowest BCUT2D eigenvalue weighted by Gasteiger charge is -2.43. The van der Waals surface area contributed by atoms with Gasteiger partial charge in [0.05, 0.1) is 11.0 Å². The van der Waals surface area contributed by atoms with Crippen molar-refractivity contribution in [2.45, 2.75) is 6.04 Å². The Morgan fingerprint density at radius 1 is 1.36 bits per heavy atom. The molecule has 1 fully saturated rings. The maximum absolute atomic E-state index is 12.4. The molecule has 1 saturated heterocycles. The molecule has 0 radical (unpaired) electrons. The average molecular weight is 304 g/mol. The number of nitrogens with zero attached hydrogens (tertiary/aromatic N) is 4. The maximum atomic E-state index is 12.4. The van der Waals surface area contributed by atoms with Crippen molar-refractivity contribution in [3.63, 3.8) is 0 Å². The third-order valence-corrected chi connectivity index (χ3v) is 4.06. The molecule has 2 heterocycles. The van der Waals surface area contributed by atoms with Gasteiger partial charge in [0, 0.05) is 25.6 Å². The van der Waals surface area contributed by atoms with Gasteiger partial charge in [-0.05, 0) is 5.56 Å². The predicted octanol–water partition coefficient (Wildman–Crippen LogP) is 2.28. The summed E-state index contributed by atoms with van der Waals surface area (Å²) in [4.78, 5) is 12.5. The topological polar surface area (TPSA) is 64.2 Å². The van der Waals surface area contributed by atoms with Gasteiger partial charge >= 0.3 is 5.69 Å². The summed E-state index contributed by atoms with van der Waals surface area (Å²) in [7, 11) is 0. The second kappa shape index (κ2) is 6.23. The molecule has 0 spiro atoms. The maximum Gasteiger partial charge on any atom is 0.307 e. The van der Waals surface area contributed by atoms with E-state index in [0.717, 1.165) is 18.7 Å². The molecule has 1 unspecified atom stereocenters. The van der Waals surface area contributed by atoms with Crippen molar-refractivity contribution in [2.75, 3.05) is 26.3 Å². The third kappa shape index (κ3) is 2.85. The molecule has 22 heavy (non-hydrogen) atoms. The molecule has 6 nitrogen and oxygen atoms in total. The van der Waals surface area contributed by atoms with Crippen LogP contribution in [-0.4, -0.2) is 45.9 Å². The zero-order valence-electron chi connectivity index (χ0n) is 12.0. The summed E-state index contributed by atoms with van der Waals surface area (Å²) < 4.78 is 14.1. The van der Waals surface area contributed by atoms with E-state index in [1.165, 1.54) is 12.4 Å². The molecular formula is C15H17FN4O2. The lowest BCUT2D eigenvalue weighted by Crippen LogP contribution is -2.51. The van der Waals surface area contributed by atoms with E-state index in [-0.39, 0.29) is 24.3 Å². The quantitative estimate of drug-likeness (QED) is 0.606. The van der Waals surface area contributed by atoms with E-state index in [9.17, 15) is 14.5 Å². The van der Waals surface area contributed by atoms with E-state index in [2.05, 4.69) is 5.10 Å². The SMILES string of the molecule is O=[N+]([O-])c1cnn(C(c2ccccc2)C2CN(CCF)C2)c1. The monoisotopic (exact) mass is 304 g/mol. The highest BCUT2D eigenvalue weighted by molar-refractivity contribution is 5.26. The van der Waals surface area contributed by atoms with Gasteiger partial charge in [0.1, 0.15) is 19.1 Å². The Morgan fingerprint density at radius 2 is 2.09 bits per heavy atom. The molecule has 1 aromatic carbocycles. The molecule has 1 aromatic heterocycles. The summed E-state index contributed by atoms with van der Waals surface area (Å²) in [6, 6.07) is 9.75. The van der Waals surface area contributed by atoms with Crippen molar-refractivity contribution in [1.82, 2.24) is 14.7 Å². The molecule has 0 N–H and O–H groups in total. The van der Waals surface area contributed by atoms with Gasteiger partial charge in [0.2, 0.25) is 0 Å². The Labute approximate surface area is 127 Å². The van der Waals surface area contributed by atoms with Crippen LogP contribution in [0.25, 0.3) is 0 Å². The van der Waals surface area contributed by atoms with Gasteiger partial charge in [-0.2, -0.15) is 5.10 Å². The molecule has 2 aromatic rings. The second-order valence-electron chi connectivity index (χ2n) is 5.50. The number of rotatable bonds is 6. The fourth-order valence-electron chi connectivity index (χ4n) is 2.98. The number of nitro groups is 1. The minimum absolute atomic E-state index is 0.0131. The normalized spacial score (nSPS) is 17.1. The summed E-state index contributed by atoms with van der Waals surface area (Å²) in [5.74, 6) is 0.272. The smallest absolute Gasteiger partial charge is 0.300 e.